The van der Waals surface area contributed by atoms with Crippen LogP contribution in [0.1, 0.15) is 6.92 Å². The zero-order valence-electron chi connectivity index (χ0n) is 6.20. The molecule has 11 heavy (non-hydrogen) atoms. The fourth-order valence-corrected chi connectivity index (χ4v) is 1.07. The lowest BCUT2D eigenvalue weighted by molar-refractivity contribution is -0.0113. The smallest absolute Gasteiger partial charge is 0.153 e. The van der Waals surface area contributed by atoms with Crippen LogP contribution >= 0.6 is 0 Å². The van der Waals surface area contributed by atoms with E-state index < -0.39 is 30.5 Å². The monoisotopic (exact) mass is 160 g/mol. The second-order valence-corrected chi connectivity index (χ2v) is 2.87. The summed E-state index contributed by atoms with van der Waals surface area (Å²) in [7, 11) is 5.20. The maximum absolute atomic E-state index is 13.2. The highest BCUT2D eigenvalue weighted by atomic mass is 19.1. The predicted molar refractivity (Wildman–Crippen MR) is 37.0 cm³/mol. The van der Waals surface area contributed by atoms with Gasteiger partial charge in [-0.3, -0.25) is 0 Å². The van der Waals surface area contributed by atoms with E-state index in [1.807, 2.05) is 0 Å². The van der Waals surface area contributed by atoms with Gasteiger partial charge in [-0.2, -0.15) is 0 Å². The third-order valence-electron chi connectivity index (χ3n) is 1.99. The number of halogens is 1. The van der Waals surface area contributed by atoms with Crippen LogP contribution in [0.15, 0.2) is 0 Å². The molecule has 2 N–H and O–H groups in total. The lowest BCUT2D eigenvalue weighted by atomic mass is 9.83. The molecule has 2 unspecified atom stereocenters. The second kappa shape index (κ2) is 2.73. The van der Waals surface area contributed by atoms with Gasteiger partial charge in [0.1, 0.15) is 20.1 Å². The van der Waals surface area contributed by atoms with Crippen molar-refractivity contribution in [2.24, 2.45) is 0 Å². The van der Waals surface area contributed by atoms with Gasteiger partial charge >= 0.3 is 0 Å². The Morgan fingerprint density at radius 2 is 2.27 bits per heavy atom. The highest BCUT2D eigenvalue weighted by molar-refractivity contribution is 6.12. The lowest BCUT2D eigenvalue weighted by Gasteiger charge is -2.20. The summed E-state index contributed by atoms with van der Waals surface area (Å²) in [6, 6.07) is -1.16. The first kappa shape index (κ1) is 8.97. The van der Waals surface area contributed by atoms with Crippen LogP contribution in [0.5, 0.6) is 0 Å². The molecule has 1 fully saturated rings. The van der Waals surface area contributed by atoms with Crippen molar-refractivity contribution in [3.63, 3.8) is 0 Å². The molecule has 0 aromatic carbocycles. The summed E-state index contributed by atoms with van der Waals surface area (Å²) in [4.78, 5) is 0. The molecule has 0 aromatic rings. The van der Waals surface area contributed by atoms with Crippen molar-refractivity contribution in [3.05, 3.63) is 0 Å². The SMILES string of the molecule is [B]C1OC(CO)[C@@H](O)[C@@]1(C)F. The van der Waals surface area contributed by atoms with Gasteiger partial charge in [0.25, 0.3) is 0 Å². The Labute approximate surface area is 65.6 Å². The number of aliphatic hydroxyl groups is 2. The Balaban J connectivity index is 2.71. The standard InChI is InChI=1S/C6H10BFO3/c1-6(8)4(10)3(2-9)11-5(6)7/h3-5,9-10H,2H2,1H3/t3?,4-,5?,6-/m1/s1. The topological polar surface area (TPSA) is 49.7 Å². The number of hydrogen-bond donors (Lipinski definition) is 2. The van der Waals surface area contributed by atoms with Gasteiger partial charge in [0.05, 0.1) is 12.6 Å². The van der Waals surface area contributed by atoms with Crippen molar-refractivity contribution in [1.82, 2.24) is 0 Å². The molecule has 0 aliphatic carbocycles. The minimum atomic E-state index is -1.96. The maximum Gasteiger partial charge on any atom is 0.153 e. The van der Waals surface area contributed by atoms with E-state index in [9.17, 15) is 4.39 Å². The van der Waals surface area contributed by atoms with Crippen LogP contribution in [0.2, 0.25) is 0 Å². The maximum atomic E-state index is 13.2. The third-order valence-corrected chi connectivity index (χ3v) is 1.99. The fourth-order valence-electron chi connectivity index (χ4n) is 1.07. The molecular formula is C6H10BFO3. The number of hydrogen-bond acceptors (Lipinski definition) is 3. The molecule has 1 heterocycles. The first-order chi connectivity index (χ1) is 5.00. The summed E-state index contributed by atoms with van der Waals surface area (Å²) in [5.41, 5.74) is -1.96. The summed E-state index contributed by atoms with van der Waals surface area (Å²) >= 11 is 0. The Morgan fingerprint density at radius 1 is 1.73 bits per heavy atom. The molecule has 2 radical (unpaired) electrons. The molecule has 5 heteroatoms. The number of ether oxygens (including phenoxy) is 1. The summed E-state index contributed by atoms with van der Waals surface area (Å²) in [5, 5.41) is 17.7. The van der Waals surface area contributed by atoms with Crippen LogP contribution in [-0.4, -0.2) is 48.5 Å². The largest absolute Gasteiger partial charge is 0.394 e. The minimum absolute atomic E-state index is 0.422. The summed E-state index contributed by atoms with van der Waals surface area (Å²) in [5.74, 6) is 0. The number of aliphatic hydroxyl groups excluding tert-OH is 2. The average molecular weight is 160 g/mol. The van der Waals surface area contributed by atoms with Crippen molar-refractivity contribution in [3.8, 4) is 0 Å². The Bertz CT molecular complexity index is 153. The van der Waals surface area contributed by atoms with Crippen molar-refractivity contribution in [2.45, 2.75) is 30.8 Å². The van der Waals surface area contributed by atoms with Gasteiger partial charge in [-0.25, -0.2) is 4.39 Å². The highest BCUT2D eigenvalue weighted by Gasteiger charge is 2.50. The van der Waals surface area contributed by atoms with Gasteiger partial charge in [-0.05, 0) is 6.92 Å². The van der Waals surface area contributed by atoms with Gasteiger partial charge in [0, 0.05) is 0 Å². The molecule has 3 nitrogen and oxygen atoms in total. The molecule has 0 spiro atoms. The van der Waals surface area contributed by atoms with E-state index in [1.54, 1.807) is 0 Å². The summed E-state index contributed by atoms with van der Waals surface area (Å²) in [6.45, 7) is 0.729. The fraction of sp³-hybridized carbons (Fsp3) is 1.00. The van der Waals surface area contributed by atoms with E-state index in [4.69, 9.17) is 22.8 Å². The van der Waals surface area contributed by atoms with E-state index in [2.05, 4.69) is 0 Å². The first-order valence-electron chi connectivity index (χ1n) is 3.39. The van der Waals surface area contributed by atoms with Gasteiger partial charge in [-0.1, -0.05) is 0 Å². The van der Waals surface area contributed by atoms with E-state index >= 15 is 0 Å². The molecule has 0 amide bonds. The van der Waals surface area contributed by atoms with Crippen LogP contribution in [0.4, 0.5) is 4.39 Å². The van der Waals surface area contributed by atoms with Gasteiger partial charge in [-0.15, -0.1) is 0 Å². The molecule has 1 rings (SSSR count). The van der Waals surface area contributed by atoms with E-state index in [-0.39, 0.29) is 0 Å². The van der Waals surface area contributed by atoms with E-state index in [0.29, 0.717) is 0 Å². The van der Waals surface area contributed by atoms with Crippen LogP contribution in [-0.2, 0) is 4.74 Å². The molecule has 0 aromatic heterocycles. The molecule has 0 bridgehead atoms. The van der Waals surface area contributed by atoms with Crippen LogP contribution < -0.4 is 0 Å². The van der Waals surface area contributed by atoms with Crippen molar-refractivity contribution in [2.75, 3.05) is 6.61 Å². The van der Waals surface area contributed by atoms with Crippen molar-refractivity contribution < 1.29 is 19.3 Å². The highest BCUT2D eigenvalue weighted by Crippen LogP contribution is 2.32. The average Bonchev–Trinajstić information content (AvgIpc) is 2.14. The van der Waals surface area contributed by atoms with Crippen molar-refractivity contribution >= 4 is 7.85 Å². The molecule has 0 saturated carbocycles. The number of rotatable bonds is 1. The van der Waals surface area contributed by atoms with Gasteiger partial charge < -0.3 is 14.9 Å². The molecule has 1 saturated heterocycles. The Hall–Kier alpha value is -0.125. The van der Waals surface area contributed by atoms with Crippen LogP contribution in [0.25, 0.3) is 0 Å². The van der Waals surface area contributed by atoms with E-state index in [0.717, 1.165) is 6.92 Å². The molecule has 62 valence electrons. The predicted octanol–water partition coefficient (Wildman–Crippen LogP) is -1.04. The molecular weight excluding hydrogens is 150 g/mol. The summed E-state index contributed by atoms with van der Waals surface area (Å²) in [6.07, 6.45) is -2.25. The van der Waals surface area contributed by atoms with Crippen molar-refractivity contribution in [1.29, 1.82) is 0 Å². The normalized spacial score (nSPS) is 51.5. The molecule has 1 aliphatic rings. The lowest BCUT2D eigenvalue weighted by Crippen LogP contribution is -2.42. The number of alkyl halides is 1. The summed E-state index contributed by atoms with van der Waals surface area (Å²) < 4.78 is 18.0. The Morgan fingerprint density at radius 3 is 2.45 bits per heavy atom. The second-order valence-electron chi connectivity index (χ2n) is 2.87. The molecule has 1 aliphatic heterocycles. The minimum Gasteiger partial charge on any atom is -0.394 e. The van der Waals surface area contributed by atoms with Gasteiger partial charge in [0.15, 0.2) is 5.67 Å². The quantitative estimate of drug-likeness (QED) is 0.481. The zero-order chi connectivity index (χ0) is 8.65. The zero-order valence-corrected chi connectivity index (χ0v) is 6.20. The molecule has 4 atom stereocenters. The Kier molecular flexibility index (Phi) is 2.23. The third kappa shape index (κ3) is 1.28. The van der Waals surface area contributed by atoms with E-state index in [1.165, 1.54) is 0 Å². The van der Waals surface area contributed by atoms with Crippen LogP contribution in [0, 0.1) is 0 Å². The van der Waals surface area contributed by atoms with Crippen LogP contribution in [0.3, 0.4) is 0 Å². The first-order valence-corrected chi connectivity index (χ1v) is 3.39. The van der Waals surface area contributed by atoms with Gasteiger partial charge in [0.2, 0.25) is 0 Å².